The lowest BCUT2D eigenvalue weighted by Gasteiger charge is -2.21. The largest absolute Gasteiger partial charge is 0.478 e. The maximum atomic E-state index is 11.3. The molecule has 7 heteroatoms. The van der Waals surface area contributed by atoms with Gasteiger partial charge in [-0.15, -0.1) is 11.3 Å². The average molecular weight is 423 g/mol. The Hall–Kier alpha value is -3.19. The number of carboxylic acid groups (broad SMARTS) is 1. The molecule has 154 valence electrons. The predicted molar refractivity (Wildman–Crippen MR) is 116 cm³/mol. The second kappa shape index (κ2) is 7.91. The van der Waals surface area contributed by atoms with E-state index in [9.17, 15) is 9.90 Å². The van der Waals surface area contributed by atoms with Crippen molar-refractivity contribution in [1.82, 2.24) is 10.1 Å². The van der Waals surface area contributed by atoms with E-state index in [4.69, 9.17) is 14.2 Å². The number of nitrogens with zero attached hydrogens (tertiary/aromatic N) is 2. The van der Waals surface area contributed by atoms with E-state index in [1.165, 1.54) is 18.7 Å². The molecular formula is C23H22N2O4S. The van der Waals surface area contributed by atoms with E-state index in [1.54, 1.807) is 23.5 Å². The first-order valence-electron chi connectivity index (χ1n) is 9.66. The number of benzene rings is 2. The maximum absolute atomic E-state index is 11.3. The zero-order valence-electron chi connectivity index (χ0n) is 17.0. The molecule has 0 aliphatic rings. The van der Waals surface area contributed by atoms with Crippen LogP contribution in [0.25, 0.3) is 21.5 Å². The second-order valence-electron chi connectivity index (χ2n) is 7.59. The molecule has 0 aliphatic heterocycles. The predicted octanol–water partition coefficient (Wildman–Crippen LogP) is 5.29. The monoisotopic (exact) mass is 422 g/mol. The van der Waals surface area contributed by atoms with Crippen molar-refractivity contribution in [2.75, 3.05) is 0 Å². The zero-order valence-corrected chi connectivity index (χ0v) is 17.8. The summed E-state index contributed by atoms with van der Waals surface area (Å²) in [4.78, 5) is 17.3. The van der Waals surface area contributed by atoms with Crippen LogP contribution in [0.15, 0.2) is 53.1 Å². The van der Waals surface area contributed by atoms with Gasteiger partial charge in [0.15, 0.2) is 11.2 Å². The number of aromatic nitrogens is 2. The van der Waals surface area contributed by atoms with Gasteiger partial charge < -0.3 is 14.4 Å². The van der Waals surface area contributed by atoms with Gasteiger partial charge in [-0.3, -0.25) is 0 Å². The molecule has 0 unspecified atom stereocenters. The van der Waals surface area contributed by atoms with Crippen molar-refractivity contribution in [3.63, 3.8) is 0 Å². The standard InChI is InChI=1S/C23H22N2O4S/c1-14-18(24-21(30-14)15-7-5-4-6-8-15)11-12-19-17-10-9-16(13-20(17)29-25-19)28-23(2,3)22(26)27/h4-10,13H,11-12H2,1-3H3,(H,26,27). The summed E-state index contributed by atoms with van der Waals surface area (Å²) in [6.45, 7) is 5.10. The fourth-order valence-electron chi connectivity index (χ4n) is 3.15. The normalized spacial score (nSPS) is 11.7. The second-order valence-corrected chi connectivity index (χ2v) is 8.80. The van der Waals surface area contributed by atoms with Gasteiger partial charge in [0.2, 0.25) is 0 Å². The van der Waals surface area contributed by atoms with Crippen molar-refractivity contribution < 1.29 is 19.2 Å². The molecule has 0 amide bonds. The highest BCUT2D eigenvalue weighted by Gasteiger charge is 2.29. The Bertz CT molecular complexity index is 1190. The highest BCUT2D eigenvalue weighted by molar-refractivity contribution is 7.15. The Balaban J connectivity index is 1.50. The number of aliphatic carboxylic acids is 1. The third kappa shape index (κ3) is 4.07. The molecule has 0 bridgehead atoms. The fourth-order valence-corrected chi connectivity index (χ4v) is 4.12. The van der Waals surface area contributed by atoms with Gasteiger partial charge in [0.1, 0.15) is 10.8 Å². The number of rotatable bonds is 7. The highest BCUT2D eigenvalue weighted by atomic mass is 32.1. The lowest BCUT2D eigenvalue weighted by Crippen LogP contribution is -2.37. The number of fused-ring (bicyclic) bond motifs is 1. The average Bonchev–Trinajstić information content (AvgIpc) is 3.29. The van der Waals surface area contributed by atoms with E-state index in [1.807, 2.05) is 24.3 Å². The fraction of sp³-hybridized carbons (Fsp3) is 0.261. The summed E-state index contributed by atoms with van der Waals surface area (Å²) < 4.78 is 11.0. The molecule has 4 aromatic rings. The van der Waals surface area contributed by atoms with Crippen LogP contribution in [0.3, 0.4) is 0 Å². The minimum absolute atomic E-state index is 0.431. The SMILES string of the molecule is Cc1sc(-c2ccccc2)nc1CCc1noc2cc(OC(C)(C)C(=O)O)ccc12. The molecule has 0 spiro atoms. The molecule has 1 N–H and O–H groups in total. The molecular weight excluding hydrogens is 400 g/mol. The van der Waals surface area contributed by atoms with E-state index in [0.717, 1.165) is 33.8 Å². The van der Waals surface area contributed by atoms with Crippen LogP contribution in [0.2, 0.25) is 0 Å². The van der Waals surface area contributed by atoms with E-state index >= 15 is 0 Å². The van der Waals surface area contributed by atoms with Gasteiger partial charge in [0, 0.05) is 21.9 Å². The van der Waals surface area contributed by atoms with E-state index in [0.29, 0.717) is 17.8 Å². The summed E-state index contributed by atoms with van der Waals surface area (Å²) in [5.41, 5.74) is 2.29. The van der Waals surface area contributed by atoms with Crippen molar-refractivity contribution in [2.45, 2.75) is 39.2 Å². The molecule has 2 aromatic carbocycles. The zero-order chi connectivity index (χ0) is 21.3. The van der Waals surface area contributed by atoms with Crippen molar-refractivity contribution in [3.05, 3.63) is 64.8 Å². The Morgan fingerprint density at radius 1 is 1.13 bits per heavy atom. The van der Waals surface area contributed by atoms with Crippen LogP contribution >= 0.6 is 11.3 Å². The molecule has 0 atom stereocenters. The van der Waals surface area contributed by atoms with Crippen LogP contribution in [0.4, 0.5) is 0 Å². The summed E-state index contributed by atoms with van der Waals surface area (Å²) >= 11 is 1.70. The summed E-state index contributed by atoms with van der Waals surface area (Å²) in [5, 5.41) is 15.4. The van der Waals surface area contributed by atoms with Gasteiger partial charge in [-0.05, 0) is 45.7 Å². The number of carboxylic acids is 1. The molecule has 0 saturated heterocycles. The summed E-state index contributed by atoms with van der Waals surface area (Å²) in [6.07, 6.45) is 1.47. The van der Waals surface area contributed by atoms with Crippen molar-refractivity contribution in [3.8, 4) is 16.3 Å². The molecule has 0 aliphatic carbocycles. The smallest absolute Gasteiger partial charge is 0.347 e. The number of aryl methyl sites for hydroxylation is 3. The number of thiazole rings is 1. The third-order valence-corrected chi connectivity index (χ3v) is 5.98. The van der Waals surface area contributed by atoms with Gasteiger partial charge in [-0.2, -0.15) is 0 Å². The Labute approximate surface area is 178 Å². The molecule has 2 heterocycles. The number of hydrogen-bond donors (Lipinski definition) is 1. The highest BCUT2D eigenvalue weighted by Crippen LogP contribution is 2.30. The van der Waals surface area contributed by atoms with Gasteiger partial charge >= 0.3 is 5.97 Å². The number of carbonyl (C=O) groups is 1. The van der Waals surface area contributed by atoms with Gasteiger partial charge in [-0.1, -0.05) is 35.5 Å². The van der Waals surface area contributed by atoms with E-state index in [2.05, 4.69) is 24.2 Å². The van der Waals surface area contributed by atoms with E-state index in [-0.39, 0.29) is 0 Å². The molecule has 0 saturated carbocycles. The minimum atomic E-state index is -1.32. The van der Waals surface area contributed by atoms with Crippen molar-refractivity contribution in [1.29, 1.82) is 0 Å². The minimum Gasteiger partial charge on any atom is -0.478 e. The van der Waals surface area contributed by atoms with Gasteiger partial charge in [-0.25, -0.2) is 9.78 Å². The molecule has 6 nitrogen and oxygen atoms in total. The number of hydrogen-bond acceptors (Lipinski definition) is 6. The van der Waals surface area contributed by atoms with Crippen molar-refractivity contribution in [2.24, 2.45) is 0 Å². The first-order valence-corrected chi connectivity index (χ1v) is 10.5. The van der Waals surface area contributed by atoms with Crippen LogP contribution in [0.5, 0.6) is 5.75 Å². The van der Waals surface area contributed by atoms with Gasteiger partial charge in [0.05, 0.1) is 11.4 Å². The van der Waals surface area contributed by atoms with E-state index < -0.39 is 11.6 Å². The summed E-state index contributed by atoms with van der Waals surface area (Å²) in [6, 6.07) is 15.5. The van der Waals surface area contributed by atoms with Crippen LogP contribution < -0.4 is 4.74 Å². The molecule has 30 heavy (non-hydrogen) atoms. The topological polar surface area (TPSA) is 85.5 Å². The maximum Gasteiger partial charge on any atom is 0.347 e. The third-order valence-electron chi connectivity index (χ3n) is 4.92. The van der Waals surface area contributed by atoms with Crippen LogP contribution in [-0.4, -0.2) is 26.8 Å². The molecule has 2 aromatic heterocycles. The van der Waals surface area contributed by atoms with Crippen LogP contribution in [0, 0.1) is 6.92 Å². The quantitative estimate of drug-likeness (QED) is 0.436. The molecule has 0 radical (unpaired) electrons. The van der Waals surface area contributed by atoms with Crippen LogP contribution in [-0.2, 0) is 17.6 Å². The Morgan fingerprint density at radius 2 is 1.87 bits per heavy atom. The number of ether oxygens (including phenoxy) is 1. The first-order chi connectivity index (χ1) is 14.3. The van der Waals surface area contributed by atoms with Crippen LogP contribution in [0.1, 0.15) is 30.1 Å². The first kappa shape index (κ1) is 20.1. The van der Waals surface area contributed by atoms with Crippen molar-refractivity contribution >= 4 is 28.3 Å². The Kier molecular flexibility index (Phi) is 5.30. The lowest BCUT2D eigenvalue weighted by atomic mass is 10.1. The van der Waals surface area contributed by atoms with Gasteiger partial charge in [0.25, 0.3) is 0 Å². The lowest BCUT2D eigenvalue weighted by molar-refractivity contribution is -0.152. The molecule has 4 rings (SSSR count). The Morgan fingerprint density at radius 3 is 2.60 bits per heavy atom. The summed E-state index contributed by atoms with van der Waals surface area (Å²) in [7, 11) is 0. The summed E-state index contributed by atoms with van der Waals surface area (Å²) in [5.74, 6) is -0.602. The molecule has 0 fully saturated rings.